The van der Waals surface area contributed by atoms with Gasteiger partial charge in [-0.3, -0.25) is 9.80 Å². The highest BCUT2D eigenvalue weighted by Crippen LogP contribution is 2.87. The third-order valence-corrected chi connectivity index (χ3v) is 16.9. The lowest BCUT2D eigenvalue weighted by Gasteiger charge is -2.60. The lowest BCUT2D eigenvalue weighted by atomic mass is 9.46. The van der Waals surface area contributed by atoms with Crippen molar-refractivity contribution < 1.29 is 24.1 Å². The Morgan fingerprint density at radius 2 is 1.62 bits per heavy atom. The summed E-state index contributed by atoms with van der Waals surface area (Å²) in [6.45, 7) is 29.9. The van der Waals surface area contributed by atoms with E-state index in [4.69, 9.17) is 18.9 Å². The molecule has 7 nitrogen and oxygen atoms in total. The van der Waals surface area contributed by atoms with E-state index < -0.39 is 5.60 Å². The lowest BCUT2D eigenvalue weighted by molar-refractivity contribution is -0.256. The Bertz CT molecular complexity index is 1270. The molecule has 1 N–H and O–H groups in total. The van der Waals surface area contributed by atoms with Gasteiger partial charge in [-0.2, -0.15) is 0 Å². The molecule has 0 aromatic rings. The van der Waals surface area contributed by atoms with Crippen LogP contribution in [-0.2, 0) is 18.9 Å². The van der Waals surface area contributed by atoms with Gasteiger partial charge in [0.05, 0.1) is 37.1 Å². The van der Waals surface area contributed by atoms with Crippen molar-refractivity contribution in [3.8, 4) is 0 Å². The zero-order chi connectivity index (χ0) is 35.7. The van der Waals surface area contributed by atoms with E-state index in [2.05, 4.69) is 58.3 Å². The molecule has 8 fully saturated rings. The third kappa shape index (κ3) is 5.65. The summed E-state index contributed by atoms with van der Waals surface area (Å²) in [5.74, 6) is 3.00. The number of aliphatic hydroxyl groups is 1. The topological polar surface area (TPSA) is 63.6 Å². The molecule has 0 bridgehead atoms. The normalized spacial score (nSPS) is 47.6. The van der Waals surface area contributed by atoms with Crippen LogP contribution >= 0.6 is 0 Å². The summed E-state index contributed by atoms with van der Waals surface area (Å²) in [6.07, 6.45) is 13.2. The zero-order valence-electron chi connectivity index (χ0n) is 33.7. The fourth-order valence-electron chi connectivity index (χ4n) is 14.9. The van der Waals surface area contributed by atoms with Gasteiger partial charge >= 0.3 is 0 Å². The summed E-state index contributed by atoms with van der Waals surface area (Å²) in [5, 5.41) is 11.0. The van der Waals surface area contributed by atoms with Gasteiger partial charge in [0.1, 0.15) is 6.10 Å². The molecular formula is C43H74N2O5. The van der Waals surface area contributed by atoms with Crippen LogP contribution in [0.2, 0.25) is 0 Å². The largest absolute Gasteiger partial charge is 0.388 e. The quantitative estimate of drug-likeness (QED) is 0.281. The second kappa shape index (κ2) is 12.1. The van der Waals surface area contributed by atoms with Crippen molar-refractivity contribution in [2.24, 2.45) is 50.7 Å². The Kier molecular flexibility index (Phi) is 8.88. The summed E-state index contributed by atoms with van der Waals surface area (Å²) >= 11 is 0. The van der Waals surface area contributed by atoms with Crippen molar-refractivity contribution in [2.45, 2.75) is 175 Å². The minimum Gasteiger partial charge on any atom is -0.388 e. The maximum absolute atomic E-state index is 11.0. The highest BCUT2D eigenvalue weighted by Gasteiger charge is 2.80. The third-order valence-electron chi connectivity index (χ3n) is 16.9. The Balaban J connectivity index is 0.922. The van der Waals surface area contributed by atoms with Crippen molar-refractivity contribution in [3.05, 3.63) is 0 Å². The first-order valence-electron chi connectivity index (χ1n) is 21.1. The summed E-state index contributed by atoms with van der Waals surface area (Å²) in [7, 11) is 0. The summed E-state index contributed by atoms with van der Waals surface area (Å²) < 4.78 is 26.6. The van der Waals surface area contributed by atoms with Crippen molar-refractivity contribution in [1.29, 1.82) is 0 Å². The van der Waals surface area contributed by atoms with Gasteiger partial charge < -0.3 is 24.1 Å². The van der Waals surface area contributed by atoms with Gasteiger partial charge in [0.15, 0.2) is 6.29 Å². The minimum atomic E-state index is -0.897. The van der Waals surface area contributed by atoms with Crippen LogP contribution in [0.4, 0.5) is 0 Å². The van der Waals surface area contributed by atoms with E-state index >= 15 is 0 Å². The van der Waals surface area contributed by atoms with Gasteiger partial charge in [-0.1, -0.05) is 41.5 Å². The fourth-order valence-corrected chi connectivity index (χ4v) is 14.9. The van der Waals surface area contributed by atoms with Crippen LogP contribution in [0.15, 0.2) is 0 Å². The number of hydrogen-bond donors (Lipinski definition) is 1. The number of morpholine rings is 1. The first-order chi connectivity index (χ1) is 23.4. The molecule has 3 heterocycles. The molecule has 12 atom stereocenters. The monoisotopic (exact) mass is 699 g/mol. The van der Waals surface area contributed by atoms with E-state index in [1.165, 1.54) is 64.3 Å². The number of hydrogen-bond acceptors (Lipinski definition) is 7. The molecule has 12 unspecified atom stereocenters. The average Bonchev–Trinajstić information content (AvgIpc) is 3.59. The molecule has 8 rings (SSSR count). The molecule has 5 saturated carbocycles. The first kappa shape index (κ1) is 36.7. The molecule has 5 aliphatic carbocycles. The first-order valence-corrected chi connectivity index (χ1v) is 21.1. The van der Waals surface area contributed by atoms with E-state index in [0.717, 1.165) is 57.0 Å². The van der Waals surface area contributed by atoms with Gasteiger partial charge in [0, 0.05) is 38.3 Å². The highest BCUT2D eigenvalue weighted by atomic mass is 16.7. The van der Waals surface area contributed by atoms with Crippen LogP contribution in [0.3, 0.4) is 0 Å². The Morgan fingerprint density at radius 3 is 2.32 bits per heavy atom. The molecule has 7 heteroatoms. The SMILES string of the molecule is CCOC(C1CCC2C(CC3C4CCC5C(C)(C)C(OC6CN(C7(C)CN(CC(C)(C)C)C7)CCO6)CCC56CC46CCC23C)O1)C(C)(C)O. The Hall–Kier alpha value is -0.280. The highest BCUT2D eigenvalue weighted by molar-refractivity contribution is 5.29. The lowest BCUT2D eigenvalue weighted by Crippen LogP contribution is -2.71. The Labute approximate surface area is 305 Å². The van der Waals surface area contributed by atoms with E-state index in [9.17, 15) is 5.11 Å². The number of rotatable bonds is 8. The molecule has 3 saturated heterocycles. The van der Waals surface area contributed by atoms with Crippen molar-refractivity contribution >= 4 is 0 Å². The minimum absolute atomic E-state index is 0.00652. The average molecular weight is 699 g/mol. The van der Waals surface area contributed by atoms with Crippen LogP contribution in [-0.4, -0.2) is 103 Å². The van der Waals surface area contributed by atoms with Gasteiger partial charge in [0.2, 0.25) is 0 Å². The predicted molar refractivity (Wildman–Crippen MR) is 198 cm³/mol. The van der Waals surface area contributed by atoms with Gasteiger partial charge in [-0.15, -0.1) is 0 Å². The van der Waals surface area contributed by atoms with Crippen LogP contribution in [0.1, 0.15) is 133 Å². The van der Waals surface area contributed by atoms with E-state index in [1.807, 2.05) is 20.8 Å². The molecule has 0 radical (unpaired) electrons. The van der Waals surface area contributed by atoms with Crippen LogP contribution in [0.5, 0.6) is 0 Å². The molecule has 8 aliphatic rings. The standard InChI is InChI=1S/C43H74N2O5/c1-11-47-36(39(7,8)46)31-14-12-29-32(49-31)22-30-28-13-15-33-38(5,6)34(16-17-43(33)24-42(28,43)19-18-41(29,30)10)50-35-23-45(20-21-48-35)40(9)26-44(27-40)25-37(2,3)4/h28-36,46H,11-27H2,1-10H3. The predicted octanol–water partition coefficient (Wildman–Crippen LogP) is 7.53. The number of likely N-dealkylation sites (tertiary alicyclic amines) is 1. The molecular weight excluding hydrogens is 624 g/mol. The molecule has 0 aromatic carbocycles. The van der Waals surface area contributed by atoms with E-state index in [1.54, 1.807) is 0 Å². The van der Waals surface area contributed by atoms with Gasteiger partial charge in [0.25, 0.3) is 0 Å². The smallest absolute Gasteiger partial charge is 0.170 e. The molecule has 0 aromatic heterocycles. The van der Waals surface area contributed by atoms with E-state index in [-0.39, 0.29) is 35.6 Å². The molecule has 50 heavy (non-hydrogen) atoms. The summed E-state index contributed by atoms with van der Waals surface area (Å²) in [4.78, 5) is 5.31. The molecule has 2 spiro atoms. The maximum atomic E-state index is 11.0. The van der Waals surface area contributed by atoms with Gasteiger partial charge in [-0.05, 0) is 143 Å². The Morgan fingerprint density at radius 1 is 0.880 bits per heavy atom. The fraction of sp³-hybridized carbons (Fsp3) is 1.00. The van der Waals surface area contributed by atoms with Gasteiger partial charge in [-0.25, -0.2) is 0 Å². The van der Waals surface area contributed by atoms with E-state index in [0.29, 0.717) is 40.3 Å². The molecule has 3 aliphatic heterocycles. The second-order valence-corrected chi connectivity index (χ2v) is 21.9. The van der Waals surface area contributed by atoms with Crippen LogP contribution in [0, 0.1) is 50.7 Å². The summed E-state index contributed by atoms with van der Waals surface area (Å²) in [6, 6.07) is 0. The number of ether oxygens (including phenoxy) is 4. The number of nitrogens with zero attached hydrogens (tertiary/aromatic N) is 2. The van der Waals surface area contributed by atoms with Crippen molar-refractivity contribution in [1.82, 2.24) is 9.80 Å². The molecule has 286 valence electrons. The van der Waals surface area contributed by atoms with Crippen LogP contribution in [0.25, 0.3) is 0 Å². The number of fused-ring (bicyclic) bond motifs is 4. The second-order valence-electron chi connectivity index (χ2n) is 21.9. The zero-order valence-corrected chi connectivity index (χ0v) is 33.7. The maximum Gasteiger partial charge on any atom is 0.170 e. The summed E-state index contributed by atoms with van der Waals surface area (Å²) in [5.41, 5.74) is 1.28. The van der Waals surface area contributed by atoms with Crippen molar-refractivity contribution in [3.63, 3.8) is 0 Å². The van der Waals surface area contributed by atoms with Crippen molar-refractivity contribution in [2.75, 3.05) is 45.9 Å². The molecule has 0 amide bonds. The van der Waals surface area contributed by atoms with Crippen LogP contribution < -0.4 is 0 Å².